The number of piperidine rings is 1. The fraction of sp³-hybridized carbons (Fsp3) is 0.682. The van der Waals surface area contributed by atoms with E-state index in [1.165, 1.54) is 0 Å². The summed E-state index contributed by atoms with van der Waals surface area (Å²) in [6.07, 6.45) is 2.28. The van der Waals surface area contributed by atoms with E-state index in [0.29, 0.717) is 12.6 Å². The normalized spacial score (nSPS) is 19.4. The van der Waals surface area contributed by atoms with Crippen molar-refractivity contribution in [3.63, 3.8) is 0 Å². The molecule has 8 heteroatoms. The van der Waals surface area contributed by atoms with Crippen molar-refractivity contribution in [2.45, 2.75) is 45.8 Å². The van der Waals surface area contributed by atoms with Gasteiger partial charge in [0.2, 0.25) is 0 Å². The molecule has 0 spiro atoms. The standard InChI is InChI=1S/C22H33N7O/c1-18(2)27-15-13-26(14-16-27)10-4-5-17-30-20-8-11-28(12-9-20)22-7-6-21-24-23-19(3)29(21)25-22/h6-7,18,20H,8-17H2,1-3H3. The molecule has 4 rings (SSSR count). The average Bonchev–Trinajstić information content (AvgIpc) is 3.14. The van der Waals surface area contributed by atoms with Gasteiger partial charge in [0, 0.05) is 45.3 Å². The summed E-state index contributed by atoms with van der Waals surface area (Å²) in [7, 11) is 0. The number of anilines is 1. The van der Waals surface area contributed by atoms with Gasteiger partial charge in [0.1, 0.15) is 12.4 Å². The Kier molecular flexibility index (Phi) is 6.82. The van der Waals surface area contributed by atoms with Crippen molar-refractivity contribution in [3.05, 3.63) is 18.0 Å². The predicted octanol–water partition coefficient (Wildman–Crippen LogP) is 1.45. The van der Waals surface area contributed by atoms with Crippen LogP contribution in [0.15, 0.2) is 12.1 Å². The summed E-state index contributed by atoms with van der Waals surface area (Å²) in [5.41, 5.74) is 0.787. The molecule has 2 aliphatic heterocycles. The molecule has 0 amide bonds. The number of ether oxygens (including phenoxy) is 1. The maximum absolute atomic E-state index is 6.01. The van der Waals surface area contributed by atoms with Crippen LogP contribution in [0, 0.1) is 18.8 Å². The molecule has 2 fully saturated rings. The lowest BCUT2D eigenvalue weighted by atomic mass is 10.1. The minimum absolute atomic E-state index is 0.283. The van der Waals surface area contributed by atoms with Crippen molar-refractivity contribution in [1.29, 1.82) is 0 Å². The summed E-state index contributed by atoms with van der Waals surface area (Å²) in [6, 6.07) is 4.64. The monoisotopic (exact) mass is 411 g/mol. The Morgan fingerprint density at radius 2 is 1.80 bits per heavy atom. The van der Waals surface area contributed by atoms with Gasteiger partial charge in [0.15, 0.2) is 11.5 Å². The number of rotatable bonds is 5. The van der Waals surface area contributed by atoms with Gasteiger partial charge >= 0.3 is 0 Å². The summed E-state index contributed by atoms with van der Waals surface area (Å²) < 4.78 is 7.81. The molecule has 0 aromatic carbocycles. The predicted molar refractivity (Wildman–Crippen MR) is 118 cm³/mol. The second kappa shape index (κ2) is 9.73. The van der Waals surface area contributed by atoms with Crippen LogP contribution in [0.25, 0.3) is 5.65 Å². The van der Waals surface area contributed by atoms with Crippen LogP contribution in [0.1, 0.15) is 32.5 Å². The average molecular weight is 412 g/mol. The summed E-state index contributed by atoms with van der Waals surface area (Å²) in [5.74, 6) is 8.28. The summed E-state index contributed by atoms with van der Waals surface area (Å²) >= 11 is 0. The molecule has 2 aromatic heterocycles. The molecule has 4 heterocycles. The van der Waals surface area contributed by atoms with E-state index >= 15 is 0 Å². The minimum atomic E-state index is 0.283. The number of aryl methyl sites for hydroxylation is 1. The molecular weight excluding hydrogens is 378 g/mol. The quantitative estimate of drug-likeness (QED) is 0.690. The largest absolute Gasteiger partial charge is 0.365 e. The van der Waals surface area contributed by atoms with Crippen molar-refractivity contribution in [2.24, 2.45) is 0 Å². The first-order valence-electron chi connectivity index (χ1n) is 11.1. The second-order valence-corrected chi connectivity index (χ2v) is 8.47. The molecule has 0 unspecified atom stereocenters. The molecule has 0 radical (unpaired) electrons. The maximum atomic E-state index is 6.01. The van der Waals surface area contributed by atoms with Crippen LogP contribution in [0.5, 0.6) is 0 Å². The molecule has 0 atom stereocenters. The Morgan fingerprint density at radius 1 is 1.03 bits per heavy atom. The lowest BCUT2D eigenvalue weighted by Gasteiger charge is -2.36. The van der Waals surface area contributed by atoms with Gasteiger partial charge in [-0.1, -0.05) is 11.8 Å². The van der Waals surface area contributed by atoms with E-state index in [1.807, 2.05) is 19.1 Å². The van der Waals surface area contributed by atoms with Crippen LogP contribution < -0.4 is 4.90 Å². The SMILES string of the molecule is Cc1nnc2ccc(N3CCC(OCC#CCN4CCN(C(C)C)CC4)CC3)nn12. The molecule has 0 saturated carbocycles. The van der Waals surface area contributed by atoms with E-state index in [-0.39, 0.29) is 6.10 Å². The molecule has 2 aliphatic rings. The number of piperazine rings is 1. The van der Waals surface area contributed by atoms with E-state index in [4.69, 9.17) is 4.74 Å². The Morgan fingerprint density at radius 3 is 2.53 bits per heavy atom. The van der Waals surface area contributed by atoms with Gasteiger partial charge in [-0.2, -0.15) is 4.52 Å². The summed E-state index contributed by atoms with van der Waals surface area (Å²) in [5, 5.41) is 12.9. The molecule has 0 bridgehead atoms. The first-order chi connectivity index (χ1) is 14.6. The van der Waals surface area contributed by atoms with Crippen LogP contribution in [-0.2, 0) is 4.74 Å². The Balaban J connectivity index is 1.16. The number of nitrogens with zero attached hydrogens (tertiary/aromatic N) is 7. The van der Waals surface area contributed by atoms with Crippen LogP contribution in [-0.4, -0.2) is 94.2 Å². The number of hydrogen-bond acceptors (Lipinski definition) is 7. The van der Waals surface area contributed by atoms with E-state index in [2.05, 4.69) is 55.7 Å². The highest BCUT2D eigenvalue weighted by Gasteiger charge is 2.21. The van der Waals surface area contributed by atoms with Crippen molar-refractivity contribution in [2.75, 3.05) is 57.3 Å². The zero-order valence-electron chi connectivity index (χ0n) is 18.4. The topological polar surface area (TPSA) is 62.0 Å². The first-order valence-corrected chi connectivity index (χ1v) is 11.1. The summed E-state index contributed by atoms with van der Waals surface area (Å²) in [6.45, 7) is 14.2. The third-order valence-corrected chi connectivity index (χ3v) is 6.13. The van der Waals surface area contributed by atoms with Crippen molar-refractivity contribution >= 4 is 11.5 Å². The minimum Gasteiger partial charge on any atom is -0.365 e. The van der Waals surface area contributed by atoms with Gasteiger partial charge < -0.3 is 9.64 Å². The first kappa shape index (κ1) is 21.0. The van der Waals surface area contributed by atoms with E-state index in [0.717, 1.165) is 75.9 Å². The third kappa shape index (κ3) is 5.09. The molecule has 0 aliphatic carbocycles. The van der Waals surface area contributed by atoms with Crippen molar-refractivity contribution in [3.8, 4) is 11.8 Å². The van der Waals surface area contributed by atoms with Crippen LogP contribution in [0.4, 0.5) is 5.82 Å². The maximum Gasteiger partial charge on any atom is 0.178 e. The molecule has 30 heavy (non-hydrogen) atoms. The third-order valence-electron chi connectivity index (χ3n) is 6.13. The van der Waals surface area contributed by atoms with Gasteiger partial charge in [0.25, 0.3) is 0 Å². The molecule has 8 nitrogen and oxygen atoms in total. The highest BCUT2D eigenvalue weighted by molar-refractivity contribution is 5.45. The fourth-order valence-electron chi connectivity index (χ4n) is 4.12. The van der Waals surface area contributed by atoms with Gasteiger partial charge in [-0.05, 0) is 45.7 Å². The number of fused-ring (bicyclic) bond motifs is 1. The van der Waals surface area contributed by atoms with Gasteiger partial charge in [-0.15, -0.1) is 15.3 Å². The lowest BCUT2D eigenvalue weighted by Crippen LogP contribution is -2.48. The molecule has 0 N–H and O–H groups in total. The smallest absolute Gasteiger partial charge is 0.178 e. The molecule has 2 saturated heterocycles. The summed E-state index contributed by atoms with van der Waals surface area (Å²) in [4.78, 5) is 7.27. The molecule has 162 valence electrons. The number of hydrogen-bond donors (Lipinski definition) is 0. The van der Waals surface area contributed by atoms with E-state index in [9.17, 15) is 0 Å². The van der Waals surface area contributed by atoms with E-state index < -0.39 is 0 Å². The zero-order valence-corrected chi connectivity index (χ0v) is 18.4. The van der Waals surface area contributed by atoms with Crippen molar-refractivity contribution in [1.82, 2.24) is 29.6 Å². The Bertz CT molecular complexity index is 884. The van der Waals surface area contributed by atoms with Crippen LogP contribution in [0.3, 0.4) is 0 Å². The van der Waals surface area contributed by atoms with E-state index in [1.54, 1.807) is 4.52 Å². The zero-order chi connectivity index (χ0) is 20.9. The van der Waals surface area contributed by atoms with Crippen LogP contribution in [0.2, 0.25) is 0 Å². The number of aromatic nitrogens is 4. The lowest BCUT2D eigenvalue weighted by molar-refractivity contribution is 0.0593. The highest BCUT2D eigenvalue weighted by Crippen LogP contribution is 2.20. The van der Waals surface area contributed by atoms with Crippen LogP contribution >= 0.6 is 0 Å². The van der Waals surface area contributed by atoms with Crippen molar-refractivity contribution < 1.29 is 4.74 Å². The van der Waals surface area contributed by atoms with Gasteiger partial charge in [0.05, 0.1) is 12.6 Å². The van der Waals surface area contributed by atoms with Gasteiger partial charge in [-0.25, -0.2) is 0 Å². The molecular formula is C22H33N7O. The van der Waals surface area contributed by atoms with Gasteiger partial charge in [-0.3, -0.25) is 9.80 Å². The Hall–Kier alpha value is -2.21. The highest BCUT2D eigenvalue weighted by atomic mass is 16.5. The second-order valence-electron chi connectivity index (χ2n) is 8.47. The fourth-order valence-corrected chi connectivity index (χ4v) is 4.12. The Labute approximate surface area is 179 Å². The molecule has 2 aromatic rings.